The maximum Gasteiger partial charge on any atom is 0.308 e. The van der Waals surface area contributed by atoms with E-state index in [2.05, 4.69) is 14.9 Å². The molecule has 0 aliphatic carbocycles. The molecule has 0 radical (unpaired) electrons. The second-order valence-corrected chi connectivity index (χ2v) is 4.53. The minimum atomic E-state index is -0.683. The van der Waals surface area contributed by atoms with Crippen LogP contribution in [0.5, 0.6) is 0 Å². The molecule has 0 saturated heterocycles. The van der Waals surface area contributed by atoms with Gasteiger partial charge in [-0.3, -0.25) is 4.79 Å². The number of rotatable bonds is 1. The van der Waals surface area contributed by atoms with Crippen LogP contribution < -0.4 is 5.32 Å². The van der Waals surface area contributed by atoms with E-state index in [1.165, 1.54) is 11.4 Å². The second kappa shape index (κ2) is 3.59. The van der Waals surface area contributed by atoms with Gasteiger partial charge in [0, 0.05) is 32.5 Å². The predicted octanol–water partition coefficient (Wildman–Crippen LogP) is 0.176. The zero-order chi connectivity index (χ0) is 11.1. The molecule has 2 aliphatic rings. The molecular weight excluding hydrogens is 206 g/mol. The first-order chi connectivity index (χ1) is 7.75. The summed E-state index contributed by atoms with van der Waals surface area (Å²) in [6.07, 6.45) is 2.48. The standard InChI is InChI=1S/C11H15N3O2/c15-11(16)7-1-2-10-13-8-3-4-12-5-9(8)14(10)6-7/h7,12H,1-6H2,(H,15,16). The van der Waals surface area contributed by atoms with Gasteiger partial charge in [-0.05, 0) is 6.42 Å². The minimum Gasteiger partial charge on any atom is -0.481 e. The van der Waals surface area contributed by atoms with Gasteiger partial charge >= 0.3 is 5.97 Å². The van der Waals surface area contributed by atoms with Crippen molar-refractivity contribution in [1.29, 1.82) is 0 Å². The highest BCUT2D eigenvalue weighted by molar-refractivity contribution is 5.70. The fraction of sp³-hybridized carbons (Fsp3) is 0.636. The van der Waals surface area contributed by atoms with Crippen LogP contribution in [0.4, 0.5) is 0 Å². The Hall–Kier alpha value is -1.36. The molecule has 3 rings (SSSR count). The van der Waals surface area contributed by atoms with Crippen LogP contribution in [-0.2, 0) is 30.7 Å². The Labute approximate surface area is 93.5 Å². The van der Waals surface area contributed by atoms with E-state index in [1.807, 2.05) is 0 Å². The van der Waals surface area contributed by atoms with Gasteiger partial charge in [0.2, 0.25) is 0 Å². The van der Waals surface area contributed by atoms with Gasteiger partial charge in [-0.15, -0.1) is 0 Å². The minimum absolute atomic E-state index is 0.243. The number of aromatic nitrogens is 2. The van der Waals surface area contributed by atoms with E-state index >= 15 is 0 Å². The molecule has 16 heavy (non-hydrogen) atoms. The van der Waals surface area contributed by atoms with Crippen LogP contribution >= 0.6 is 0 Å². The lowest BCUT2D eigenvalue weighted by Gasteiger charge is -2.23. The van der Waals surface area contributed by atoms with E-state index in [1.54, 1.807) is 0 Å². The first kappa shape index (κ1) is 9.84. The smallest absolute Gasteiger partial charge is 0.308 e. The van der Waals surface area contributed by atoms with Crippen LogP contribution in [0.3, 0.4) is 0 Å². The number of aryl methyl sites for hydroxylation is 1. The first-order valence-corrected chi connectivity index (χ1v) is 5.76. The van der Waals surface area contributed by atoms with E-state index in [0.29, 0.717) is 6.54 Å². The SMILES string of the molecule is O=C(O)C1CCc2nc3c(n2C1)CNCC3. The van der Waals surface area contributed by atoms with Crippen LogP contribution in [0.1, 0.15) is 23.6 Å². The van der Waals surface area contributed by atoms with Crippen LogP contribution in [-0.4, -0.2) is 27.2 Å². The molecule has 0 amide bonds. The van der Waals surface area contributed by atoms with Crippen molar-refractivity contribution in [2.45, 2.75) is 32.4 Å². The lowest BCUT2D eigenvalue weighted by atomic mass is 9.99. The van der Waals surface area contributed by atoms with Crippen molar-refractivity contribution in [2.75, 3.05) is 6.54 Å². The van der Waals surface area contributed by atoms with Crippen LogP contribution in [0.2, 0.25) is 0 Å². The molecular formula is C11H15N3O2. The quantitative estimate of drug-likeness (QED) is 0.709. The zero-order valence-electron chi connectivity index (χ0n) is 9.07. The molecule has 1 aromatic heterocycles. The van der Waals surface area contributed by atoms with Gasteiger partial charge in [0.25, 0.3) is 0 Å². The third-order valence-corrected chi connectivity index (χ3v) is 3.53. The molecule has 1 aromatic rings. The van der Waals surface area contributed by atoms with E-state index in [9.17, 15) is 4.79 Å². The Bertz CT molecular complexity index is 439. The lowest BCUT2D eigenvalue weighted by molar-refractivity contribution is -0.142. The Balaban J connectivity index is 1.96. The van der Waals surface area contributed by atoms with E-state index in [-0.39, 0.29) is 5.92 Å². The van der Waals surface area contributed by atoms with Gasteiger partial charge in [-0.1, -0.05) is 0 Å². The predicted molar refractivity (Wildman–Crippen MR) is 57.1 cm³/mol. The van der Waals surface area contributed by atoms with Gasteiger partial charge in [-0.25, -0.2) is 4.98 Å². The fourth-order valence-corrected chi connectivity index (χ4v) is 2.63. The highest BCUT2D eigenvalue weighted by atomic mass is 16.4. The summed E-state index contributed by atoms with van der Waals surface area (Å²) in [6.45, 7) is 2.40. The third-order valence-electron chi connectivity index (χ3n) is 3.53. The van der Waals surface area contributed by atoms with Crippen LogP contribution in [0, 0.1) is 5.92 Å². The fourth-order valence-electron chi connectivity index (χ4n) is 2.63. The van der Waals surface area contributed by atoms with E-state index in [0.717, 1.165) is 38.2 Å². The molecule has 0 spiro atoms. The molecule has 5 heteroatoms. The third kappa shape index (κ3) is 1.43. The summed E-state index contributed by atoms with van der Waals surface area (Å²) >= 11 is 0. The molecule has 1 unspecified atom stereocenters. The highest BCUT2D eigenvalue weighted by Gasteiger charge is 2.29. The number of carbonyl (C=O) groups is 1. The number of hydrogen-bond donors (Lipinski definition) is 2. The number of imidazole rings is 1. The van der Waals surface area contributed by atoms with Crippen molar-refractivity contribution >= 4 is 5.97 Å². The van der Waals surface area contributed by atoms with Crippen LogP contribution in [0.15, 0.2) is 0 Å². The molecule has 0 saturated carbocycles. The second-order valence-electron chi connectivity index (χ2n) is 4.53. The number of carboxylic acid groups (broad SMARTS) is 1. The molecule has 0 aromatic carbocycles. The normalized spacial score (nSPS) is 23.6. The van der Waals surface area contributed by atoms with Crippen molar-refractivity contribution in [2.24, 2.45) is 5.92 Å². The van der Waals surface area contributed by atoms with Crippen molar-refractivity contribution in [3.05, 3.63) is 17.2 Å². The lowest BCUT2D eigenvalue weighted by Crippen LogP contribution is -2.30. The largest absolute Gasteiger partial charge is 0.481 e. The molecule has 2 aliphatic heterocycles. The van der Waals surface area contributed by atoms with Gasteiger partial charge < -0.3 is 15.0 Å². The number of nitrogens with zero attached hydrogens (tertiary/aromatic N) is 2. The topological polar surface area (TPSA) is 67.1 Å². The maximum absolute atomic E-state index is 11.0. The number of hydrogen-bond acceptors (Lipinski definition) is 3. The molecule has 0 bridgehead atoms. The summed E-state index contributed by atoms with van der Waals surface area (Å²) in [6, 6.07) is 0. The van der Waals surface area contributed by atoms with Gasteiger partial charge in [-0.2, -0.15) is 0 Å². The summed E-state index contributed by atoms with van der Waals surface area (Å²) in [7, 11) is 0. The van der Waals surface area contributed by atoms with E-state index < -0.39 is 5.97 Å². The Morgan fingerprint density at radius 3 is 3.19 bits per heavy atom. The number of carboxylic acids is 1. The van der Waals surface area contributed by atoms with Crippen molar-refractivity contribution in [1.82, 2.24) is 14.9 Å². The number of fused-ring (bicyclic) bond motifs is 3. The molecule has 86 valence electrons. The van der Waals surface area contributed by atoms with Gasteiger partial charge in [0.1, 0.15) is 5.82 Å². The van der Waals surface area contributed by atoms with Crippen molar-refractivity contribution in [3.63, 3.8) is 0 Å². The summed E-state index contributed by atoms with van der Waals surface area (Å²) in [5.41, 5.74) is 2.37. The summed E-state index contributed by atoms with van der Waals surface area (Å²) in [5, 5.41) is 12.4. The van der Waals surface area contributed by atoms with E-state index in [4.69, 9.17) is 5.11 Å². The molecule has 5 nitrogen and oxygen atoms in total. The molecule has 2 N–H and O–H groups in total. The van der Waals surface area contributed by atoms with Crippen molar-refractivity contribution in [3.8, 4) is 0 Å². The Morgan fingerprint density at radius 1 is 1.50 bits per heavy atom. The Morgan fingerprint density at radius 2 is 2.38 bits per heavy atom. The molecule has 0 fully saturated rings. The number of nitrogens with one attached hydrogen (secondary N) is 1. The highest BCUT2D eigenvalue weighted by Crippen LogP contribution is 2.25. The Kier molecular flexibility index (Phi) is 2.21. The summed E-state index contributed by atoms with van der Waals surface area (Å²) in [5.74, 6) is 0.149. The first-order valence-electron chi connectivity index (χ1n) is 5.76. The van der Waals surface area contributed by atoms with Crippen LogP contribution in [0.25, 0.3) is 0 Å². The van der Waals surface area contributed by atoms with Crippen molar-refractivity contribution < 1.29 is 9.90 Å². The average Bonchev–Trinajstić information content (AvgIpc) is 2.66. The summed E-state index contributed by atoms with van der Waals surface area (Å²) < 4.78 is 2.11. The monoisotopic (exact) mass is 221 g/mol. The molecule has 1 atom stereocenters. The molecule has 3 heterocycles. The van der Waals surface area contributed by atoms with Gasteiger partial charge in [0.05, 0.1) is 17.3 Å². The van der Waals surface area contributed by atoms with Gasteiger partial charge in [0.15, 0.2) is 0 Å². The zero-order valence-corrected chi connectivity index (χ0v) is 9.07. The summed E-state index contributed by atoms with van der Waals surface area (Å²) in [4.78, 5) is 15.6. The number of aliphatic carboxylic acids is 1. The maximum atomic E-state index is 11.0. The average molecular weight is 221 g/mol.